The minimum atomic E-state index is -0.548. The molecule has 1 unspecified atom stereocenters. The number of hydrogen-bond donors (Lipinski definition) is 3. The Morgan fingerprint density at radius 2 is 2.00 bits per heavy atom. The van der Waals surface area contributed by atoms with Crippen LogP contribution < -0.4 is 16.4 Å². The van der Waals surface area contributed by atoms with E-state index < -0.39 is 11.0 Å². The number of nitrogens with zero attached hydrogens (tertiary/aromatic N) is 1. The van der Waals surface area contributed by atoms with Gasteiger partial charge in [-0.15, -0.1) is 0 Å². The summed E-state index contributed by atoms with van der Waals surface area (Å²) in [7, 11) is 0. The van der Waals surface area contributed by atoms with E-state index in [4.69, 9.17) is 5.73 Å². The molecule has 0 fully saturated rings. The molecule has 0 heterocycles. The van der Waals surface area contributed by atoms with E-state index in [1.807, 2.05) is 13.8 Å². The highest BCUT2D eigenvalue weighted by Gasteiger charge is 2.15. The minimum absolute atomic E-state index is 0.0543. The highest BCUT2D eigenvalue weighted by atomic mass is 16.6. The number of rotatable bonds is 5. The van der Waals surface area contributed by atoms with Crippen LogP contribution >= 0.6 is 0 Å². The van der Waals surface area contributed by atoms with Gasteiger partial charge in [0.05, 0.1) is 4.92 Å². The van der Waals surface area contributed by atoms with Crippen LogP contribution in [0.2, 0.25) is 0 Å². The topological polar surface area (TPSA) is 110 Å². The van der Waals surface area contributed by atoms with Gasteiger partial charge in [0, 0.05) is 17.8 Å². The molecule has 19 heavy (non-hydrogen) atoms. The number of nitrogens with two attached hydrogens (primary N) is 1. The lowest BCUT2D eigenvalue weighted by Gasteiger charge is -2.17. The Balaban J connectivity index is 2.75. The predicted molar refractivity (Wildman–Crippen MR) is 73.9 cm³/mol. The van der Waals surface area contributed by atoms with Crippen molar-refractivity contribution >= 4 is 23.0 Å². The molecule has 104 valence electrons. The van der Waals surface area contributed by atoms with Crippen molar-refractivity contribution in [2.24, 2.45) is 0 Å². The lowest BCUT2D eigenvalue weighted by atomic mass is 10.2. The molecule has 4 N–H and O–H groups in total. The SMILES string of the molecule is CC(C)NC(=O)C(C)Nc1ccc([N+](=O)[O-])c(N)c1. The normalized spacial score (nSPS) is 12.0. The first kappa shape index (κ1) is 14.7. The van der Waals surface area contributed by atoms with E-state index >= 15 is 0 Å². The van der Waals surface area contributed by atoms with Crippen molar-refractivity contribution < 1.29 is 9.72 Å². The number of hydrogen-bond acceptors (Lipinski definition) is 5. The molecule has 0 saturated heterocycles. The number of nitro benzene ring substituents is 1. The summed E-state index contributed by atoms with van der Waals surface area (Å²) >= 11 is 0. The summed E-state index contributed by atoms with van der Waals surface area (Å²) in [6.07, 6.45) is 0. The summed E-state index contributed by atoms with van der Waals surface area (Å²) in [6.45, 7) is 5.44. The van der Waals surface area contributed by atoms with Crippen LogP contribution in [0.3, 0.4) is 0 Å². The lowest BCUT2D eigenvalue weighted by molar-refractivity contribution is -0.383. The van der Waals surface area contributed by atoms with Gasteiger partial charge in [0.15, 0.2) is 0 Å². The van der Waals surface area contributed by atoms with Crippen molar-refractivity contribution in [3.8, 4) is 0 Å². The first-order chi connectivity index (χ1) is 8.81. The standard InChI is InChI=1S/C12H18N4O3/c1-7(2)14-12(17)8(3)15-9-4-5-11(16(18)19)10(13)6-9/h4-8,15H,13H2,1-3H3,(H,14,17). The van der Waals surface area contributed by atoms with Gasteiger partial charge in [0.1, 0.15) is 11.7 Å². The third-order valence-electron chi connectivity index (χ3n) is 2.43. The number of carbonyl (C=O) groups is 1. The monoisotopic (exact) mass is 266 g/mol. The number of carbonyl (C=O) groups excluding carboxylic acids is 1. The zero-order valence-electron chi connectivity index (χ0n) is 11.1. The van der Waals surface area contributed by atoms with Gasteiger partial charge in [0.2, 0.25) is 5.91 Å². The van der Waals surface area contributed by atoms with Crippen LogP contribution in [-0.4, -0.2) is 22.9 Å². The Morgan fingerprint density at radius 1 is 1.37 bits per heavy atom. The lowest BCUT2D eigenvalue weighted by Crippen LogP contribution is -2.40. The van der Waals surface area contributed by atoms with Crippen LogP contribution in [0.5, 0.6) is 0 Å². The Kier molecular flexibility index (Phi) is 4.68. The fourth-order valence-corrected chi connectivity index (χ4v) is 1.54. The van der Waals surface area contributed by atoms with Crippen molar-refractivity contribution in [1.29, 1.82) is 0 Å². The fourth-order valence-electron chi connectivity index (χ4n) is 1.54. The number of anilines is 2. The van der Waals surface area contributed by atoms with Gasteiger partial charge < -0.3 is 16.4 Å². The van der Waals surface area contributed by atoms with Gasteiger partial charge >= 0.3 is 0 Å². The molecule has 0 aliphatic rings. The van der Waals surface area contributed by atoms with Gasteiger partial charge in [-0.1, -0.05) is 0 Å². The van der Waals surface area contributed by atoms with Crippen molar-refractivity contribution in [1.82, 2.24) is 5.32 Å². The number of benzene rings is 1. The molecule has 0 spiro atoms. The second-order valence-electron chi connectivity index (χ2n) is 4.56. The number of nitrogens with one attached hydrogen (secondary N) is 2. The Hall–Kier alpha value is -2.31. The zero-order chi connectivity index (χ0) is 14.6. The van der Waals surface area contributed by atoms with Crippen LogP contribution in [-0.2, 0) is 4.79 Å². The molecule has 7 nitrogen and oxygen atoms in total. The first-order valence-electron chi connectivity index (χ1n) is 5.92. The molecule has 0 bridgehead atoms. The third-order valence-corrected chi connectivity index (χ3v) is 2.43. The largest absolute Gasteiger partial charge is 0.393 e. The van der Waals surface area contributed by atoms with Gasteiger partial charge in [-0.3, -0.25) is 14.9 Å². The average molecular weight is 266 g/mol. The zero-order valence-corrected chi connectivity index (χ0v) is 11.1. The molecular weight excluding hydrogens is 248 g/mol. The predicted octanol–water partition coefficient (Wildman–Crippen LogP) is 1.50. The van der Waals surface area contributed by atoms with E-state index in [-0.39, 0.29) is 23.3 Å². The first-order valence-corrected chi connectivity index (χ1v) is 5.92. The van der Waals surface area contributed by atoms with Crippen molar-refractivity contribution in [2.45, 2.75) is 32.9 Å². The van der Waals surface area contributed by atoms with E-state index in [2.05, 4.69) is 10.6 Å². The number of nitrogen functional groups attached to an aromatic ring is 1. The van der Waals surface area contributed by atoms with Crippen LogP contribution in [0, 0.1) is 10.1 Å². The second-order valence-corrected chi connectivity index (χ2v) is 4.56. The van der Waals surface area contributed by atoms with Gasteiger partial charge in [0.25, 0.3) is 5.69 Å². The van der Waals surface area contributed by atoms with Crippen molar-refractivity contribution in [2.75, 3.05) is 11.1 Å². The van der Waals surface area contributed by atoms with Crippen LogP contribution in [0.1, 0.15) is 20.8 Å². The summed E-state index contributed by atoms with van der Waals surface area (Å²) in [5.74, 6) is -0.146. The van der Waals surface area contributed by atoms with Crippen LogP contribution in [0.25, 0.3) is 0 Å². The molecule has 0 radical (unpaired) electrons. The summed E-state index contributed by atoms with van der Waals surface area (Å²) in [5.41, 5.74) is 6.05. The van der Waals surface area contributed by atoms with E-state index in [0.29, 0.717) is 5.69 Å². The summed E-state index contributed by atoms with van der Waals surface area (Å²) in [5, 5.41) is 16.3. The molecule has 1 amide bonds. The Bertz CT molecular complexity index is 488. The second kappa shape index (κ2) is 6.03. The molecule has 7 heteroatoms. The molecule has 0 aliphatic heterocycles. The van der Waals surface area contributed by atoms with Gasteiger partial charge in [-0.25, -0.2) is 0 Å². The van der Waals surface area contributed by atoms with Crippen LogP contribution in [0.4, 0.5) is 17.1 Å². The highest BCUT2D eigenvalue weighted by Crippen LogP contribution is 2.24. The summed E-state index contributed by atoms with van der Waals surface area (Å²) in [6, 6.07) is 3.87. The maximum absolute atomic E-state index is 11.7. The summed E-state index contributed by atoms with van der Waals surface area (Å²) < 4.78 is 0. The molecule has 1 rings (SSSR count). The average Bonchev–Trinajstić information content (AvgIpc) is 2.27. The smallest absolute Gasteiger partial charge is 0.292 e. The Labute approximate surface area is 111 Å². The molecule has 1 atom stereocenters. The molecule has 0 aliphatic carbocycles. The van der Waals surface area contributed by atoms with E-state index in [1.54, 1.807) is 6.92 Å². The summed E-state index contributed by atoms with van der Waals surface area (Å²) in [4.78, 5) is 21.8. The molecule has 1 aromatic rings. The minimum Gasteiger partial charge on any atom is -0.393 e. The molecule has 1 aromatic carbocycles. The quantitative estimate of drug-likeness (QED) is 0.425. The third kappa shape index (κ3) is 4.13. The molecule has 0 saturated carbocycles. The van der Waals surface area contributed by atoms with E-state index in [1.165, 1.54) is 18.2 Å². The van der Waals surface area contributed by atoms with Crippen molar-refractivity contribution in [3.05, 3.63) is 28.3 Å². The fraction of sp³-hybridized carbons (Fsp3) is 0.417. The molecular formula is C12H18N4O3. The number of nitro groups is 1. The maximum Gasteiger partial charge on any atom is 0.292 e. The number of amides is 1. The highest BCUT2D eigenvalue weighted by molar-refractivity contribution is 5.84. The van der Waals surface area contributed by atoms with E-state index in [0.717, 1.165) is 0 Å². The Morgan fingerprint density at radius 3 is 2.47 bits per heavy atom. The maximum atomic E-state index is 11.7. The molecule has 0 aromatic heterocycles. The van der Waals surface area contributed by atoms with E-state index in [9.17, 15) is 14.9 Å². The van der Waals surface area contributed by atoms with Gasteiger partial charge in [-0.2, -0.15) is 0 Å². The van der Waals surface area contributed by atoms with Crippen LogP contribution in [0.15, 0.2) is 18.2 Å². The van der Waals surface area contributed by atoms with Crippen molar-refractivity contribution in [3.63, 3.8) is 0 Å². The van der Waals surface area contributed by atoms with Gasteiger partial charge in [-0.05, 0) is 32.9 Å².